The number of furan rings is 1. The zero-order valence-electron chi connectivity index (χ0n) is 10.5. The highest BCUT2D eigenvalue weighted by Gasteiger charge is 2.22. The molecule has 2 aromatic heterocycles. The molecule has 0 saturated carbocycles. The molecule has 3 aromatic rings. The number of hydrogen-bond donors (Lipinski definition) is 0. The third-order valence-electron chi connectivity index (χ3n) is 3.13. The fourth-order valence-corrected chi connectivity index (χ4v) is 2.10. The Hall–Kier alpha value is -2.43. The molecule has 0 aliphatic rings. The maximum absolute atomic E-state index is 13.2. The minimum absolute atomic E-state index is 0.204. The summed E-state index contributed by atoms with van der Waals surface area (Å²) in [5, 5.41) is 0.609. The Labute approximate surface area is 108 Å². The lowest BCUT2D eigenvalue weighted by molar-refractivity contribution is 0.0998. The first-order valence-corrected chi connectivity index (χ1v) is 5.78. The van der Waals surface area contributed by atoms with Crippen molar-refractivity contribution < 1.29 is 13.6 Å². The Balaban J connectivity index is 2.18. The average Bonchev–Trinajstić information content (AvgIpc) is 2.94. The number of benzene rings is 1. The van der Waals surface area contributed by atoms with Crippen LogP contribution in [0.2, 0.25) is 0 Å². The molecule has 0 bridgehead atoms. The molecule has 3 rings (SSSR count). The van der Waals surface area contributed by atoms with Gasteiger partial charge in [0.2, 0.25) is 0 Å². The molecule has 0 radical (unpaired) electrons. The minimum Gasteiger partial charge on any atom is -0.452 e. The highest BCUT2D eigenvalue weighted by atomic mass is 19.1. The van der Waals surface area contributed by atoms with E-state index in [0.717, 1.165) is 0 Å². The quantitative estimate of drug-likeness (QED) is 0.664. The number of hydrogen-bond acceptors (Lipinski definition) is 3. The summed E-state index contributed by atoms with van der Waals surface area (Å²) in [6.07, 6.45) is 3.23. The first kappa shape index (κ1) is 11.6. The molecule has 4 nitrogen and oxygen atoms in total. The van der Waals surface area contributed by atoms with Gasteiger partial charge in [-0.15, -0.1) is 0 Å². The second-order valence-corrected chi connectivity index (χ2v) is 4.39. The zero-order valence-corrected chi connectivity index (χ0v) is 10.5. The number of rotatable bonds is 2. The number of fused-ring (bicyclic) bond motifs is 1. The highest BCUT2D eigenvalue weighted by molar-refractivity contribution is 6.08. The monoisotopic (exact) mass is 258 g/mol. The Morgan fingerprint density at radius 1 is 1.42 bits per heavy atom. The number of carbonyl (C=O) groups excluding carboxylic acids is 1. The first-order valence-electron chi connectivity index (χ1n) is 5.78. The summed E-state index contributed by atoms with van der Waals surface area (Å²) in [6.45, 7) is 1.74. The van der Waals surface area contributed by atoms with Crippen LogP contribution in [-0.4, -0.2) is 15.3 Å². The maximum atomic E-state index is 13.2. The number of aromatic nitrogens is 2. The molecule has 0 unspecified atom stereocenters. The lowest BCUT2D eigenvalue weighted by atomic mass is 10.1. The van der Waals surface area contributed by atoms with E-state index in [1.165, 1.54) is 18.2 Å². The third-order valence-corrected chi connectivity index (χ3v) is 3.13. The molecular weight excluding hydrogens is 247 g/mol. The van der Waals surface area contributed by atoms with Gasteiger partial charge in [-0.05, 0) is 25.1 Å². The molecule has 5 heteroatoms. The van der Waals surface area contributed by atoms with E-state index in [4.69, 9.17) is 4.42 Å². The molecule has 1 aromatic carbocycles. The summed E-state index contributed by atoms with van der Waals surface area (Å²) >= 11 is 0. The minimum atomic E-state index is -0.354. The number of carbonyl (C=O) groups is 1. The normalized spacial score (nSPS) is 11.1. The van der Waals surface area contributed by atoms with Gasteiger partial charge in [-0.3, -0.25) is 4.79 Å². The second-order valence-electron chi connectivity index (χ2n) is 4.39. The second kappa shape index (κ2) is 4.05. The molecule has 0 N–H and O–H groups in total. The molecule has 0 aliphatic heterocycles. The summed E-state index contributed by atoms with van der Waals surface area (Å²) in [5.74, 6) is -0.161. The van der Waals surface area contributed by atoms with Crippen LogP contribution in [0.5, 0.6) is 0 Å². The van der Waals surface area contributed by atoms with E-state index in [1.54, 1.807) is 30.9 Å². The molecular formula is C14H11FN2O2. The first-order chi connectivity index (χ1) is 9.08. The van der Waals surface area contributed by atoms with Gasteiger partial charge in [0.05, 0.1) is 0 Å². The lowest BCUT2D eigenvalue weighted by Crippen LogP contribution is -2.08. The van der Waals surface area contributed by atoms with E-state index in [-0.39, 0.29) is 17.4 Å². The molecule has 0 amide bonds. The van der Waals surface area contributed by atoms with Crippen LogP contribution in [0.3, 0.4) is 0 Å². The predicted molar refractivity (Wildman–Crippen MR) is 67.5 cm³/mol. The van der Waals surface area contributed by atoms with Crippen molar-refractivity contribution in [2.75, 3.05) is 0 Å². The van der Waals surface area contributed by atoms with Gasteiger partial charge in [0, 0.05) is 30.4 Å². The van der Waals surface area contributed by atoms with Crippen LogP contribution in [-0.2, 0) is 7.05 Å². The summed E-state index contributed by atoms with van der Waals surface area (Å²) in [4.78, 5) is 16.3. The fraction of sp³-hybridized carbons (Fsp3) is 0.143. The molecule has 0 aliphatic carbocycles. The number of aryl methyl sites for hydroxylation is 2. The summed E-state index contributed by atoms with van der Waals surface area (Å²) in [7, 11) is 1.73. The molecule has 0 fully saturated rings. The van der Waals surface area contributed by atoms with E-state index < -0.39 is 0 Å². The summed E-state index contributed by atoms with van der Waals surface area (Å²) in [5.41, 5.74) is 1.12. The standard InChI is InChI=1S/C14H11FN2O2/c1-8-10-7-9(15)3-4-11(10)19-13(8)12(18)14-16-5-6-17(14)2/h3-7H,1-2H3. The summed E-state index contributed by atoms with van der Waals surface area (Å²) in [6, 6.07) is 4.19. The van der Waals surface area contributed by atoms with E-state index in [9.17, 15) is 9.18 Å². The molecule has 0 saturated heterocycles. The van der Waals surface area contributed by atoms with Crippen molar-refractivity contribution in [3.05, 3.63) is 53.6 Å². The van der Waals surface area contributed by atoms with E-state index >= 15 is 0 Å². The van der Waals surface area contributed by atoms with Crippen molar-refractivity contribution in [1.29, 1.82) is 0 Å². The van der Waals surface area contributed by atoms with Gasteiger partial charge in [-0.2, -0.15) is 0 Å². The average molecular weight is 258 g/mol. The number of nitrogens with zero attached hydrogens (tertiary/aromatic N) is 2. The predicted octanol–water partition coefficient (Wildman–Crippen LogP) is 2.84. The zero-order chi connectivity index (χ0) is 13.6. The Kier molecular flexibility index (Phi) is 2.48. The van der Waals surface area contributed by atoms with Gasteiger partial charge in [0.15, 0.2) is 11.6 Å². The Bertz CT molecular complexity index is 786. The van der Waals surface area contributed by atoms with Gasteiger partial charge in [0.1, 0.15) is 11.4 Å². The van der Waals surface area contributed by atoms with Gasteiger partial charge in [0.25, 0.3) is 5.78 Å². The van der Waals surface area contributed by atoms with Crippen molar-refractivity contribution in [1.82, 2.24) is 9.55 Å². The van der Waals surface area contributed by atoms with Crippen molar-refractivity contribution in [2.45, 2.75) is 6.92 Å². The largest absolute Gasteiger partial charge is 0.452 e. The highest BCUT2D eigenvalue weighted by Crippen LogP contribution is 2.27. The van der Waals surface area contributed by atoms with Gasteiger partial charge in [-0.25, -0.2) is 9.37 Å². The van der Waals surface area contributed by atoms with Crippen molar-refractivity contribution in [3.8, 4) is 0 Å². The SMILES string of the molecule is Cc1c(C(=O)c2nccn2C)oc2ccc(F)cc12. The van der Waals surface area contributed by atoms with Crippen LogP contribution in [0, 0.1) is 12.7 Å². The van der Waals surface area contributed by atoms with E-state index in [0.29, 0.717) is 22.4 Å². The third kappa shape index (κ3) is 1.74. The summed E-state index contributed by atoms with van der Waals surface area (Å²) < 4.78 is 20.4. The van der Waals surface area contributed by atoms with Crippen LogP contribution >= 0.6 is 0 Å². The lowest BCUT2D eigenvalue weighted by Gasteiger charge is -1.98. The van der Waals surface area contributed by atoms with Crippen LogP contribution < -0.4 is 0 Å². The van der Waals surface area contributed by atoms with E-state index in [1.807, 2.05) is 0 Å². The van der Waals surface area contributed by atoms with Crippen molar-refractivity contribution >= 4 is 16.8 Å². The number of ketones is 1. The topological polar surface area (TPSA) is 48.0 Å². The number of imidazole rings is 1. The molecule has 19 heavy (non-hydrogen) atoms. The smallest absolute Gasteiger partial charge is 0.263 e. The van der Waals surface area contributed by atoms with Gasteiger partial charge < -0.3 is 8.98 Å². The molecule has 96 valence electrons. The van der Waals surface area contributed by atoms with Crippen LogP contribution in [0.1, 0.15) is 21.9 Å². The number of halogens is 1. The molecule has 0 spiro atoms. The van der Waals surface area contributed by atoms with E-state index in [2.05, 4.69) is 4.98 Å². The molecule has 2 heterocycles. The van der Waals surface area contributed by atoms with Gasteiger partial charge in [-0.1, -0.05) is 0 Å². The van der Waals surface area contributed by atoms with Gasteiger partial charge >= 0.3 is 0 Å². The van der Waals surface area contributed by atoms with Crippen molar-refractivity contribution in [2.24, 2.45) is 7.05 Å². The maximum Gasteiger partial charge on any atom is 0.263 e. The Morgan fingerprint density at radius 3 is 2.89 bits per heavy atom. The fourth-order valence-electron chi connectivity index (χ4n) is 2.10. The molecule has 0 atom stereocenters. The van der Waals surface area contributed by atoms with Crippen molar-refractivity contribution in [3.63, 3.8) is 0 Å². The van der Waals surface area contributed by atoms with Crippen LogP contribution in [0.4, 0.5) is 4.39 Å². The van der Waals surface area contributed by atoms with Crippen LogP contribution in [0.25, 0.3) is 11.0 Å². The Morgan fingerprint density at radius 2 is 2.21 bits per heavy atom. The van der Waals surface area contributed by atoms with Crippen LogP contribution in [0.15, 0.2) is 35.0 Å².